The first-order chi connectivity index (χ1) is 14.8. The maximum absolute atomic E-state index is 13.6. The van der Waals surface area contributed by atoms with E-state index in [1.807, 2.05) is 24.3 Å². The van der Waals surface area contributed by atoms with Gasteiger partial charge in [0.1, 0.15) is 11.4 Å². The molecule has 6 nitrogen and oxygen atoms in total. The summed E-state index contributed by atoms with van der Waals surface area (Å²) >= 11 is 0. The minimum atomic E-state index is -4.53. The number of alkyl halides is 3. The topological polar surface area (TPSA) is 59.7 Å². The molecule has 0 aliphatic carbocycles. The van der Waals surface area contributed by atoms with Crippen LogP contribution in [0.25, 0.3) is 5.65 Å². The van der Waals surface area contributed by atoms with Gasteiger partial charge in [-0.3, -0.25) is 4.79 Å². The highest BCUT2D eigenvalue weighted by atomic mass is 19.4. The van der Waals surface area contributed by atoms with Gasteiger partial charge in [0, 0.05) is 36.3 Å². The Hall–Kier alpha value is -3.10. The van der Waals surface area contributed by atoms with Gasteiger partial charge in [0.05, 0.1) is 19.2 Å². The van der Waals surface area contributed by atoms with E-state index in [0.717, 1.165) is 16.1 Å². The van der Waals surface area contributed by atoms with E-state index in [2.05, 4.69) is 10.1 Å². The van der Waals surface area contributed by atoms with Gasteiger partial charge in [-0.15, -0.1) is 0 Å². The van der Waals surface area contributed by atoms with E-state index in [0.29, 0.717) is 43.1 Å². The number of amides is 1. The SMILES string of the molecule is COc1ccccc1CC(=O)N1CCC(c2cc(C(F)(F)F)n3nc(C)cc3n2)CC1. The van der Waals surface area contributed by atoms with Crippen LogP contribution in [0.15, 0.2) is 36.4 Å². The number of rotatable bonds is 4. The quantitative estimate of drug-likeness (QED) is 0.625. The summed E-state index contributed by atoms with van der Waals surface area (Å²) in [5, 5.41) is 3.93. The molecular weight excluding hydrogens is 409 g/mol. The molecule has 9 heteroatoms. The number of benzene rings is 1. The van der Waals surface area contributed by atoms with Crippen molar-refractivity contribution < 1.29 is 22.7 Å². The smallest absolute Gasteiger partial charge is 0.433 e. The summed E-state index contributed by atoms with van der Waals surface area (Å²) in [5.74, 6) is 0.504. The Bertz CT molecular complexity index is 1100. The molecule has 0 unspecified atom stereocenters. The molecule has 1 saturated heterocycles. The van der Waals surface area contributed by atoms with Crippen molar-refractivity contribution in [3.8, 4) is 5.75 Å². The van der Waals surface area contributed by atoms with Crippen LogP contribution in [0, 0.1) is 6.92 Å². The van der Waals surface area contributed by atoms with Crippen molar-refractivity contribution in [3.05, 3.63) is 59.0 Å². The van der Waals surface area contributed by atoms with Crippen LogP contribution >= 0.6 is 0 Å². The fourth-order valence-corrected chi connectivity index (χ4v) is 4.07. The second kappa shape index (κ2) is 8.20. The summed E-state index contributed by atoms with van der Waals surface area (Å²) in [6.45, 7) is 2.59. The highest BCUT2D eigenvalue weighted by Gasteiger charge is 2.36. The number of para-hydroxylation sites is 1. The van der Waals surface area contributed by atoms with Crippen LogP contribution in [0.3, 0.4) is 0 Å². The molecule has 0 saturated carbocycles. The lowest BCUT2D eigenvalue weighted by Gasteiger charge is -2.32. The van der Waals surface area contributed by atoms with Crippen LogP contribution in [-0.4, -0.2) is 45.6 Å². The lowest BCUT2D eigenvalue weighted by molar-refractivity contribution is -0.142. The van der Waals surface area contributed by atoms with Gasteiger partial charge in [-0.2, -0.15) is 18.3 Å². The first-order valence-electron chi connectivity index (χ1n) is 10.1. The van der Waals surface area contributed by atoms with Gasteiger partial charge in [-0.25, -0.2) is 9.50 Å². The third-order valence-electron chi connectivity index (χ3n) is 5.66. The zero-order chi connectivity index (χ0) is 22.2. The summed E-state index contributed by atoms with van der Waals surface area (Å²) in [5.41, 5.74) is 1.06. The predicted octanol–water partition coefficient (Wildman–Crippen LogP) is 4.01. The number of aromatic nitrogens is 3. The number of carbonyl (C=O) groups excluding carboxylic acids is 1. The van der Waals surface area contributed by atoms with Gasteiger partial charge in [0.25, 0.3) is 0 Å². The fraction of sp³-hybridized carbons (Fsp3) is 0.409. The largest absolute Gasteiger partial charge is 0.496 e. The number of carbonyl (C=O) groups is 1. The third-order valence-corrected chi connectivity index (χ3v) is 5.66. The van der Waals surface area contributed by atoms with Crippen LogP contribution in [-0.2, 0) is 17.4 Å². The number of ether oxygens (including phenoxy) is 1. The van der Waals surface area contributed by atoms with E-state index in [-0.39, 0.29) is 23.9 Å². The van der Waals surface area contributed by atoms with Crippen molar-refractivity contribution >= 4 is 11.6 Å². The highest BCUT2D eigenvalue weighted by Crippen LogP contribution is 2.34. The van der Waals surface area contributed by atoms with Crippen LogP contribution in [0.5, 0.6) is 5.75 Å². The summed E-state index contributed by atoms with van der Waals surface area (Å²) in [6.07, 6.45) is -3.18. The van der Waals surface area contributed by atoms with Gasteiger partial charge in [0.15, 0.2) is 5.65 Å². The van der Waals surface area contributed by atoms with Crippen LogP contribution in [0.4, 0.5) is 13.2 Å². The first kappa shape index (κ1) is 21.1. The third kappa shape index (κ3) is 4.35. The Morgan fingerprint density at radius 2 is 1.90 bits per heavy atom. The lowest BCUT2D eigenvalue weighted by atomic mass is 9.92. The minimum Gasteiger partial charge on any atom is -0.496 e. The molecule has 0 N–H and O–H groups in total. The normalized spacial score (nSPS) is 15.5. The van der Waals surface area contributed by atoms with Gasteiger partial charge in [0.2, 0.25) is 5.91 Å². The van der Waals surface area contributed by atoms with E-state index in [1.54, 1.807) is 25.0 Å². The molecule has 0 radical (unpaired) electrons. The Labute approximate surface area is 177 Å². The summed E-state index contributed by atoms with van der Waals surface area (Å²) in [6, 6.07) is 10.0. The summed E-state index contributed by atoms with van der Waals surface area (Å²) in [4.78, 5) is 18.9. The number of likely N-dealkylation sites (tertiary alicyclic amines) is 1. The molecule has 1 fully saturated rings. The maximum atomic E-state index is 13.6. The zero-order valence-corrected chi connectivity index (χ0v) is 17.3. The molecule has 164 valence electrons. The average Bonchev–Trinajstić information content (AvgIpc) is 3.12. The molecule has 3 aromatic rings. The van der Waals surface area contributed by atoms with E-state index in [1.165, 1.54) is 0 Å². The Balaban J connectivity index is 1.48. The molecule has 3 heterocycles. The van der Waals surface area contributed by atoms with Gasteiger partial charge >= 0.3 is 6.18 Å². The van der Waals surface area contributed by atoms with Crippen molar-refractivity contribution in [2.24, 2.45) is 0 Å². The molecular formula is C22H23F3N4O2. The molecule has 0 atom stereocenters. The number of halogens is 3. The van der Waals surface area contributed by atoms with Crippen LogP contribution in [0.2, 0.25) is 0 Å². The number of hydrogen-bond donors (Lipinski definition) is 0. The summed E-state index contributed by atoms with van der Waals surface area (Å²) < 4.78 is 46.8. The maximum Gasteiger partial charge on any atom is 0.433 e. The fourth-order valence-electron chi connectivity index (χ4n) is 4.07. The van der Waals surface area contributed by atoms with E-state index in [4.69, 9.17) is 4.74 Å². The van der Waals surface area contributed by atoms with E-state index < -0.39 is 11.9 Å². The van der Waals surface area contributed by atoms with E-state index in [9.17, 15) is 18.0 Å². The van der Waals surface area contributed by atoms with Crippen molar-refractivity contribution in [2.45, 2.75) is 38.3 Å². The van der Waals surface area contributed by atoms with Crippen molar-refractivity contribution in [2.75, 3.05) is 20.2 Å². The molecule has 4 rings (SSSR count). The van der Waals surface area contributed by atoms with Gasteiger partial charge < -0.3 is 9.64 Å². The molecule has 1 aliphatic rings. The molecule has 0 spiro atoms. The lowest BCUT2D eigenvalue weighted by Crippen LogP contribution is -2.39. The highest BCUT2D eigenvalue weighted by molar-refractivity contribution is 5.79. The standard InChI is InChI=1S/C22H23F3N4O2/c1-14-11-20-26-17(13-19(22(23,24)25)29(20)27-14)15-7-9-28(10-8-15)21(30)12-16-5-3-4-6-18(16)31-2/h3-6,11,13,15H,7-10,12H2,1-2H3. The molecule has 31 heavy (non-hydrogen) atoms. The van der Waals surface area contributed by atoms with Crippen LogP contribution < -0.4 is 4.74 Å². The number of methoxy groups -OCH3 is 1. The molecule has 1 aliphatic heterocycles. The molecule has 0 bridgehead atoms. The molecule has 1 amide bonds. The minimum absolute atomic E-state index is 0.0197. The van der Waals surface area contributed by atoms with Crippen LogP contribution in [0.1, 0.15) is 41.4 Å². The van der Waals surface area contributed by atoms with Crippen molar-refractivity contribution in [1.82, 2.24) is 19.5 Å². The second-order valence-corrected chi connectivity index (χ2v) is 7.76. The first-order valence-corrected chi connectivity index (χ1v) is 10.1. The number of piperidine rings is 1. The van der Waals surface area contributed by atoms with E-state index >= 15 is 0 Å². The summed E-state index contributed by atoms with van der Waals surface area (Å²) in [7, 11) is 1.57. The number of nitrogens with zero attached hydrogens (tertiary/aromatic N) is 4. The van der Waals surface area contributed by atoms with Gasteiger partial charge in [-0.1, -0.05) is 18.2 Å². The van der Waals surface area contributed by atoms with Gasteiger partial charge in [-0.05, 0) is 31.9 Å². The Morgan fingerprint density at radius 3 is 2.58 bits per heavy atom. The zero-order valence-electron chi connectivity index (χ0n) is 17.3. The molecule has 1 aromatic carbocycles. The van der Waals surface area contributed by atoms with Crippen molar-refractivity contribution in [3.63, 3.8) is 0 Å². The second-order valence-electron chi connectivity index (χ2n) is 7.76. The number of aryl methyl sites for hydroxylation is 1. The molecule has 2 aromatic heterocycles. The number of fused-ring (bicyclic) bond motifs is 1. The predicted molar refractivity (Wildman–Crippen MR) is 108 cm³/mol. The average molecular weight is 432 g/mol. The monoisotopic (exact) mass is 432 g/mol. The Kier molecular flexibility index (Phi) is 5.60. The Morgan fingerprint density at radius 1 is 1.19 bits per heavy atom. The number of hydrogen-bond acceptors (Lipinski definition) is 4. The van der Waals surface area contributed by atoms with Crippen molar-refractivity contribution in [1.29, 1.82) is 0 Å².